The summed E-state index contributed by atoms with van der Waals surface area (Å²) >= 11 is 9.62. The molecule has 0 bridgehead atoms. The number of nitrogens with zero attached hydrogens (tertiary/aromatic N) is 2. The summed E-state index contributed by atoms with van der Waals surface area (Å²) in [5, 5.41) is 4.26. The van der Waals surface area contributed by atoms with Gasteiger partial charge in [0, 0.05) is 54.1 Å². The van der Waals surface area contributed by atoms with Crippen LogP contribution < -0.4 is 5.32 Å². The molecule has 0 aliphatic carbocycles. The first-order valence-corrected chi connectivity index (χ1v) is 8.19. The molecule has 1 aliphatic rings. The lowest BCUT2D eigenvalue weighted by molar-refractivity contribution is 0.153. The lowest BCUT2D eigenvalue weighted by Crippen LogP contribution is -2.45. The highest BCUT2D eigenvalue weighted by Gasteiger charge is 2.24. The molecule has 1 atom stereocenters. The molecule has 22 heavy (non-hydrogen) atoms. The molecule has 1 N–H and O–H groups in total. The van der Waals surface area contributed by atoms with Crippen molar-refractivity contribution in [2.75, 3.05) is 19.6 Å². The SMILES string of the molecule is Cl.Clc1cccc(C2CNCCN2Cc2cncc(Br)c2)c1. The van der Waals surface area contributed by atoms with Crippen molar-refractivity contribution in [1.82, 2.24) is 15.2 Å². The van der Waals surface area contributed by atoms with Gasteiger partial charge in [0.15, 0.2) is 0 Å². The maximum absolute atomic E-state index is 6.14. The molecule has 0 saturated carbocycles. The van der Waals surface area contributed by atoms with Crippen LogP contribution in [0.1, 0.15) is 17.2 Å². The molecule has 2 heterocycles. The molecular formula is C16H18BrCl2N3. The van der Waals surface area contributed by atoms with E-state index in [1.54, 1.807) is 0 Å². The molecular weight excluding hydrogens is 385 g/mol. The van der Waals surface area contributed by atoms with Crippen LogP contribution in [0.15, 0.2) is 47.2 Å². The molecule has 1 fully saturated rings. The molecule has 1 saturated heterocycles. The van der Waals surface area contributed by atoms with Gasteiger partial charge in [-0.25, -0.2) is 0 Å². The Morgan fingerprint density at radius 1 is 1.32 bits per heavy atom. The Bertz CT molecular complexity index is 624. The Labute approximate surface area is 150 Å². The van der Waals surface area contributed by atoms with E-state index < -0.39 is 0 Å². The maximum atomic E-state index is 6.14. The number of nitrogens with one attached hydrogen (secondary N) is 1. The third kappa shape index (κ3) is 4.43. The second-order valence-electron chi connectivity index (χ2n) is 5.26. The zero-order valence-electron chi connectivity index (χ0n) is 12.0. The maximum Gasteiger partial charge on any atom is 0.0477 e. The summed E-state index contributed by atoms with van der Waals surface area (Å²) in [7, 11) is 0. The van der Waals surface area contributed by atoms with Gasteiger partial charge in [-0.3, -0.25) is 9.88 Å². The predicted octanol–water partition coefficient (Wildman–Crippen LogP) is 4.07. The van der Waals surface area contributed by atoms with Gasteiger partial charge in [0.1, 0.15) is 0 Å². The number of aromatic nitrogens is 1. The molecule has 0 radical (unpaired) electrons. The van der Waals surface area contributed by atoms with E-state index >= 15 is 0 Å². The number of rotatable bonds is 3. The summed E-state index contributed by atoms with van der Waals surface area (Å²) in [4.78, 5) is 6.73. The Morgan fingerprint density at radius 3 is 2.95 bits per heavy atom. The van der Waals surface area contributed by atoms with Gasteiger partial charge in [-0.2, -0.15) is 0 Å². The molecule has 3 nitrogen and oxygen atoms in total. The minimum Gasteiger partial charge on any atom is -0.314 e. The zero-order chi connectivity index (χ0) is 14.7. The van der Waals surface area contributed by atoms with E-state index in [4.69, 9.17) is 11.6 Å². The first kappa shape index (κ1) is 17.7. The third-order valence-corrected chi connectivity index (χ3v) is 4.40. The molecule has 1 unspecified atom stereocenters. The van der Waals surface area contributed by atoms with Crippen LogP contribution in [-0.2, 0) is 6.54 Å². The Kier molecular flexibility index (Phi) is 6.66. The zero-order valence-corrected chi connectivity index (χ0v) is 15.2. The van der Waals surface area contributed by atoms with Crippen LogP contribution >= 0.6 is 39.9 Å². The van der Waals surface area contributed by atoms with Crippen molar-refractivity contribution < 1.29 is 0 Å². The molecule has 2 aromatic rings. The first-order valence-electron chi connectivity index (χ1n) is 7.02. The quantitative estimate of drug-likeness (QED) is 0.838. The fourth-order valence-corrected chi connectivity index (χ4v) is 3.37. The van der Waals surface area contributed by atoms with E-state index in [-0.39, 0.29) is 12.4 Å². The fourth-order valence-electron chi connectivity index (χ4n) is 2.75. The van der Waals surface area contributed by atoms with Gasteiger partial charge in [0.05, 0.1) is 0 Å². The highest BCUT2D eigenvalue weighted by molar-refractivity contribution is 9.10. The van der Waals surface area contributed by atoms with Crippen molar-refractivity contribution >= 4 is 39.9 Å². The van der Waals surface area contributed by atoms with Crippen molar-refractivity contribution in [3.05, 3.63) is 63.3 Å². The van der Waals surface area contributed by atoms with Gasteiger partial charge in [-0.05, 0) is 45.3 Å². The largest absolute Gasteiger partial charge is 0.314 e. The van der Waals surface area contributed by atoms with Crippen molar-refractivity contribution in [3.8, 4) is 0 Å². The van der Waals surface area contributed by atoms with Crippen LogP contribution in [0, 0.1) is 0 Å². The summed E-state index contributed by atoms with van der Waals surface area (Å²) in [6.45, 7) is 3.87. The number of pyridine rings is 1. The van der Waals surface area contributed by atoms with E-state index in [0.717, 1.165) is 35.7 Å². The average molecular weight is 403 g/mol. The van der Waals surface area contributed by atoms with Crippen LogP contribution in [0.25, 0.3) is 0 Å². The Balaban J connectivity index is 0.00000176. The topological polar surface area (TPSA) is 28.2 Å². The molecule has 118 valence electrons. The van der Waals surface area contributed by atoms with Crippen molar-refractivity contribution in [2.24, 2.45) is 0 Å². The summed E-state index contributed by atoms with van der Waals surface area (Å²) in [6.07, 6.45) is 3.75. The summed E-state index contributed by atoms with van der Waals surface area (Å²) < 4.78 is 1.02. The third-order valence-electron chi connectivity index (χ3n) is 3.73. The first-order chi connectivity index (χ1) is 10.2. The number of hydrogen-bond acceptors (Lipinski definition) is 3. The standard InChI is InChI=1S/C16H17BrClN3.ClH/c17-14-6-12(8-20-9-14)11-21-5-4-19-10-16(21)13-2-1-3-15(18)7-13;/h1-3,6-9,16,19H,4-5,10-11H2;1H. The molecule has 1 aromatic heterocycles. The summed E-state index contributed by atoms with van der Waals surface area (Å²) in [5.41, 5.74) is 2.48. The number of piperazine rings is 1. The molecule has 3 rings (SSSR count). The minimum absolute atomic E-state index is 0. The Morgan fingerprint density at radius 2 is 2.18 bits per heavy atom. The van der Waals surface area contributed by atoms with E-state index in [9.17, 15) is 0 Å². The number of hydrogen-bond donors (Lipinski definition) is 1. The van der Waals surface area contributed by atoms with E-state index in [1.165, 1.54) is 11.1 Å². The molecule has 6 heteroatoms. The van der Waals surface area contributed by atoms with Crippen LogP contribution in [0.2, 0.25) is 5.02 Å². The molecule has 0 amide bonds. The van der Waals surface area contributed by atoms with E-state index in [0.29, 0.717) is 6.04 Å². The van der Waals surface area contributed by atoms with Crippen molar-refractivity contribution in [1.29, 1.82) is 0 Å². The molecule has 1 aliphatic heterocycles. The second-order valence-corrected chi connectivity index (χ2v) is 6.61. The normalized spacial score (nSPS) is 18.7. The average Bonchev–Trinajstić information content (AvgIpc) is 2.48. The van der Waals surface area contributed by atoms with E-state index in [1.807, 2.05) is 24.5 Å². The number of halogens is 3. The monoisotopic (exact) mass is 401 g/mol. The van der Waals surface area contributed by atoms with Crippen LogP contribution in [-0.4, -0.2) is 29.5 Å². The summed E-state index contributed by atoms with van der Waals surface area (Å²) in [5.74, 6) is 0. The van der Waals surface area contributed by atoms with E-state index in [2.05, 4.69) is 49.3 Å². The van der Waals surface area contributed by atoms with Gasteiger partial charge < -0.3 is 5.32 Å². The lowest BCUT2D eigenvalue weighted by atomic mass is 10.0. The smallest absolute Gasteiger partial charge is 0.0477 e. The van der Waals surface area contributed by atoms with Gasteiger partial charge in [-0.1, -0.05) is 23.7 Å². The van der Waals surface area contributed by atoms with Gasteiger partial charge in [0.25, 0.3) is 0 Å². The predicted molar refractivity (Wildman–Crippen MR) is 96.7 cm³/mol. The van der Waals surface area contributed by atoms with Crippen LogP contribution in [0.4, 0.5) is 0 Å². The second kappa shape index (κ2) is 8.27. The van der Waals surface area contributed by atoms with Crippen molar-refractivity contribution in [3.63, 3.8) is 0 Å². The van der Waals surface area contributed by atoms with Crippen LogP contribution in [0.3, 0.4) is 0 Å². The molecule has 1 aromatic carbocycles. The fraction of sp³-hybridized carbons (Fsp3) is 0.312. The highest BCUT2D eigenvalue weighted by atomic mass is 79.9. The Hall–Kier alpha value is -0.650. The minimum atomic E-state index is 0. The number of benzene rings is 1. The highest BCUT2D eigenvalue weighted by Crippen LogP contribution is 2.26. The lowest BCUT2D eigenvalue weighted by Gasteiger charge is -2.36. The van der Waals surface area contributed by atoms with Gasteiger partial charge in [-0.15, -0.1) is 12.4 Å². The molecule has 0 spiro atoms. The van der Waals surface area contributed by atoms with Crippen molar-refractivity contribution in [2.45, 2.75) is 12.6 Å². The van der Waals surface area contributed by atoms with Gasteiger partial charge >= 0.3 is 0 Å². The summed E-state index contributed by atoms with van der Waals surface area (Å²) in [6, 6.07) is 10.6. The van der Waals surface area contributed by atoms with Gasteiger partial charge in [0.2, 0.25) is 0 Å². The van der Waals surface area contributed by atoms with Crippen LogP contribution in [0.5, 0.6) is 0 Å².